The Hall–Kier alpha value is -1.92. The number of fused-ring (bicyclic) bond motifs is 1. The third kappa shape index (κ3) is 2.91. The first-order chi connectivity index (χ1) is 10.1. The maximum atomic E-state index is 12.4. The van der Waals surface area contributed by atoms with Crippen LogP contribution in [0, 0.1) is 0 Å². The molecule has 0 bridgehead atoms. The van der Waals surface area contributed by atoms with Crippen LogP contribution in [-0.2, 0) is 16.0 Å². The van der Waals surface area contributed by atoms with Crippen molar-refractivity contribution in [1.82, 2.24) is 5.32 Å². The highest BCUT2D eigenvalue weighted by atomic mass is 16.5. The van der Waals surface area contributed by atoms with Crippen molar-refractivity contribution in [1.29, 1.82) is 0 Å². The first-order valence-corrected chi connectivity index (χ1v) is 7.13. The molecule has 0 spiro atoms. The van der Waals surface area contributed by atoms with Gasteiger partial charge in [0.15, 0.2) is 0 Å². The van der Waals surface area contributed by atoms with Crippen molar-refractivity contribution >= 4 is 17.6 Å². The molecule has 1 aromatic carbocycles. The number of ether oxygens (including phenoxy) is 1. The molecule has 1 fully saturated rings. The van der Waals surface area contributed by atoms with Crippen molar-refractivity contribution < 1.29 is 19.4 Å². The lowest BCUT2D eigenvalue weighted by Crippen LogP contribution is -2.45. The highest BCUT2D eigenvalue weighted by molar-refractivity contribution is 5.98. The smallest absolute Gasteiger partial charge is 0.335 e. The number of amides is 1. The molecule has 3 rings (SSSR count). The van der Waals surface area contributed by atoms with Crippen LogP contribution in [0.4, 0.5) is 5.69 Å². The summed E-state index contributed by atoms with van der Waals surface area (Å²) in [5.41, 5.74) is 1.98. The fourth-order valence-electron chi connectivity index (χ4n) is 2.84. The van der Waals surface area contributed by atoms with Gasteiger partial charge in [-0.1, -0.05) is 6.07 Å². The van der Waals surface area contributed by atoms with Gasteiger partial charge in [-0.25, -0.2) is 4.79 Å². The fourth-order valence-corrected chi connectivity index (χ4v) is 2.84. The summed E-state index contributed by atoms with van der Waals surface area (Å²) in [5, 5.41) is 12.3. The van der Waals surface area contributed by atoms with E-state index in [2.05, 4.69) is 5.32 Å². The number of hydrogen-bond acceptors (Lipinski definition) is 4. The molecule has 2 N–H and O–H groups in total. The molecule has 0 aromatic heterocycles. The number of benzene rings is 1. The van der Waals surface area contributed by atoms with Gasteiger partial charge in [0.05, 0.1) is 18.8 Å². The summed E-state index contributed by atoms with van der Waals surface area (Å²) in [6.45, 7) is 2.60. The summed E-state index contributed by atoms with van der Waals surface area (Å²) in [6, 6.07) is 5.02. The zero-order valence-electron chi connectivity index (χ0n) is 11.7. The van der Waals surface area contributed by atoms with Crippen LogP contribution in [0.2, 0.25) is 0 Å². The van der Waals surface area contributed by atoms with E-state index in [9.17, 15) is 9.59 Å². The topological polar surface area (TPSA) is 78.9 Å². The molecule has 1 aromatic rings. The molecule has 1 saturated heterocycles. The van der Waals surface area contributed by atoms with Gasteiger partial charge in [-0.05, 0) is 24.1 Å². The Balaban J connectivity index is 1.74. The monoisotopic (exact) mass is 290 g/mol. The van der Waals surface area contributed by atoms with Crippen molar-refractivity contribution in [3.05, 3.63) is 29.3 Å². The molecular formula is C15H18N2O4. The van der Waals surface area contributed by atoms with Gasteiger partial charge >= 0.3 is 5.97 Å². The molecule has 0 aliphatic carbocycles. The maximum Gasteiger partial charge on any atom is 0.335 e. The number of carbonyl (C=O) groups excluding carboxylic acids is 1. The number of anilines is 1. The Bertz CT molecular complexity index is 567. The Morgan fingerprint density at radius 3 is 3.00 bits per heavy atom. The van der Waals surface area contributed by atoms with Crippen LogP contribution in [-0.4, -0.2) is 49.3 Å². The zero-order valence-corrected chi connectivity index (χ0v) is 11.7. The minimum absolute atomic E-state index is 0.0132. The summed E-state index contributed by atoms with van der Waals surface area (Å²) >= 11 is 0. The average molecular weight is 290 g/mol. The van der Waals surface area contributed by atoms with E-state index < -0.39 is 5.97 Å². The van der Waals surface area contributed by atoms with Gasteiger partial charge in [0, 0.05) is 31.2 Å². The highest BCUT2D eigenvalue weighted by Crippen LogP contribution is 2.29. The predicted octanol–water partition coefficient (Wildman–Crippen LogP) is 0.652. The first-order valence-electron chi connectivity index (χ1n) is 7.13. The van der Waals surface area contributed by atoms with Gasteiger partial charge in [-0.2, -0.15) is 0 Å². The van der Waals surface area contributed by atoms with Gasteiger partial charge in [-0.15, -0.1) is 0 Å². The Morgan fingerprint density at radius 1 is 1.43 bits per heavy atom. The number of morpholine rings is 1. The number of nitrogens with zero attached hydrogens (tertiary/aromatic N) is 1. The standard InChI is InChI=1S/C15H18N2O4/c18-14(8-12-9-21-6-4-16-12)17-5-3-10-1-2-11(15(19)20)7-13(10)17/h1-2,7,12,16H,3-6,8-9H2,(H,19,20). The van der Waals surface area contributed by atoms with Gasteiger partial charge in [0.2, 0.25) is 5.91 Å². The second-order valence-corrected chi connectivity index (χ2v) is 5.37. The van der Waals surface area contributed by atoms with Crippen molar-refractivity contribution in [2.45, 2.75) is 18.9 Å². The molecule has 2 aliphatic heterocycles. The number of hydrogen-bond donors (Lipinski definition) is 2. The van der Waals surface area contributed by atoms with Crippen LogP contribution in [0.1, 0.15) is 22.3 Å². The molecule has 112 valence electrons. The number of carboxylic acid groups (broad SMARTS) is 1. The van der Waals surface area contributed by atoms with E-state index in [-0.39, 0.29) is 17.5 Å². The van der Waals surface area contributed by atoms with E-state index in [0.29, 0.717) is 26.2 Å². The van der Waals surface area contributed by atoms with Gasteiger partial charge in [0.1, 0.15) is 0 Å². The second-order valence-electron chi connectivity index (χ2n) is 5.37. The molecule has 2 heterocycles. The molecule has 2 aliphatic rings. The van der Waals surface area contributed by atoms with Gasteiger partial charge in [0.25, 0.3) is 0 Å². The van der Waals surface area contributed by atoms with Crippen molar-refractivity contribution in [3.63, 3.8) is 0 Å². The quantitative estimate of drug-likeness (QED) is 0.854. The normalized spacial score (nSPS) is 21.1. The number of aromatic carboxylic acids is 1. The Labute approximate surface area is 122 Å². The molecule has 6 heteroatoms. The first kappa shape index (κ1) is 14.0. The molecule has 0 radical (unpaired) electrons. The van der Waals surface area contributed by atoms with Crippen molar-refractivity contribution in [2.24, 2.45) is 0 Å². The largest absolute Gasteiger partial charge is 0.478 e. The number of carbonyl (C=O) groups is 2. The lowest BCUT2D eigenvalue weighted by Gasteiger charge is -2.26. The molecule has 6 nitrogen and oxygen atoms in total. The fraction of sp³-hybridized carbons (Fsp3) is 0.467. The molecule has 1 atom stereocenters. The lowest BCUT2D eigenvalue weighted by molar-refractivity contribution is -0.119. The summed E-state index contributed by atoms with van der Waals surface area (Å²) < 4.78 is 5.35. The predicted molar refractivity (Wildman–Crippen MR) is 76.7 cm³/mol. The van der Waals surface area contributed by atoms with Gasteiger partial charge in [-0.3, -0.25) is 4.79 Å². The average Bonchev–Trinajstić information content (AvgIpc) is 2.91. The maximum absolute atomic E-state index is 12.4. The number of carboxylic acids is 1. The highest BCUT2D eigenvalue weighted by Gasteiger charge is 2.28. The number of rotatable bonds is 3. The molecule has 0 saturated carbocycles. The molecule has 21 heavy (non-hydrogen) atoms. The van der Waals surface area contributed by atoms with E-state index in [0.717, 1.165) is 24.2 Å². The van der Waals surface area contributed by atoms with E-state index in [1.54, 1.807) is 23.1 Å². The van der Waals surface area contributed by atoms with Crippen LogP contribution in [0.5, 0.6) is 0 Å². The van der Waals surface area contributed by atoms with E-state index >= 15 is 0 Å². The Kier molecular flexibility index (Phi) is 3.90. The van der Waals surface area contributed by atoms with Crippen molar-refractivity contribution in [3.8, 4) is 0 Å². The van der Waals surface area contributed by atoms with Gasteiger partial charge < -0.3 is 20.1 Å². The SMILES string of the molecule is O=C(O)c1ccc2c(c1)N(C(=O)CC1COCCN1)CC2. The third-order valence-corrected chi connectivity index (χ3v) is 3.95. The molecular weight excluding hydrogens is 272 g/mol. The number of nitrogens with one attached hydrogen (secondary N) is 1. The minimum Gasteiger partial charge on any atom is -0.478 e. The van der Waals surface area contributed by atoms with Crippen molar-refractivity contribution in [2.75, 3.05) is 31.2 Å². The minimum atomic E-state index is -0.973. The van der Waals surface area contributed by atoms with E-state index in [1.807, 2.05) is 0 Å². The Morgan fingerprint density at radius 2 is 2.29 bits per heavy atom. The van der Waals surface area contributed by atoms with Crippen LogP contribution in [0.25, 0.3) is 0 Å². The van der Waals surface area contributed by atoms with E-state index in [1.165, 1.54) is 0 Å². The summed E-state index contributed by atoms with van der Waals surface area (Å²) in [5.74, 6) is -0.960. The summed E-state index contributed by atoms with van der Waals surface area (Å²) in [6.07, 6.45) is 1.15. The summed E-state index contributed by atoms with van der Waals surface area (Å²) in [7, 11) is 0. The molecule has 1 amide bonds. The summed E-state index contributed by atoms with van der Waals surface area (Å²) in [4.78, 5) is 25.2. The lowest BCUT2D eigenvalue weighted by atomic mass is 10.1. The third-order valence-electron chi connectivity index (χ3n) is 3.95. The van der Waals surface area contributed by atoms with Crippen LogP contribution in [0.15, 0.2) is 18.2 Å². The molecule has 1 unspecified atom stereocenters. The van der Waals surface area contributed by atoms with Crippen LogP contribution < -0.4 is 10.2 Å². The van der Waals surface area contributed by atoms with Crippen LogP contribution >= 0.6 is 0 Å². The van der Waals surface area contributed by atoms with Crippen LogP contribution in [0.3, 0.4) is 0 Å². The second kappa shape index (κ2) is 5.83. The van der Waals surface area contributed by atoms with E-state index in [4.69, 9.17) is 9.84 Å². The zero-order chi connectivity index (χ0) is 14.8.